The molecule has 4 aromatic rings. The van der Waals surface area contributed by atoms with Crippen LogP contribution in [0.1, 0.15) is 110 Å². The highest BCUT2D eigenvalue weighted by Crippen LogP contribution is 2.27. The Balaban J connectivity index is 0.000000202. The number of nitrogens with zero attached hydrogens (tertiary/aromatic N) is 7. The van der Waals surface area contributed by atoms with Crippen LogP contribution in [0.5, 0.6) is 11.5 Å². The third-order valence-electron chi connectivity index (χ3n) is 10.8. The molecule has 2 aliphatic carbocycles. The zero-order chi connectivity index (χ0) is 41.2. The van der Waals surface area contributed by atoms with Crippen molar-refractivity contribution in [2.24, 2.45) is 0 Å². The molecule has 2 saturated heterocycles. The molecular formula is C43H63ClF2N12O2. The van der Waals surface area contributed by atoms with Crippen LogP contribution in [0.3, 0.4) is 0 Å². The van der Waals surface area contributed by atoms with Gasteiger partial charge in [0.05, 0.1) is 14.2 Å². The lowest BCUT2D eigenvalue weighted by Crippen LogP contribution is -2.24. The van der Waals surface area contributed by atoms with E-state index in [0.717, 1.165) is 51.6 Å². The minimum Gasteiger partial charge on any atom is -0.494 e. The van der Waals surface area contributed by atoms with Crippen LogP contribution in [-0.4, -0.2) is 82.4 Å². The first-order chi connectivity index (χ1) is 28.8. The van der Waals surface area contributed by atoms with Gasteiger partial charge in [-0.25, -0.2) is 8.78 Å². The number of ether oxygens (including phenoxy) is 2. The summed E-state index contributed by atoms with van der Waals surface area (Å²) in [5, 5.41) is 16.2. The minimum atomic E-state index is -0.468. The molecule has 0 unspecified atom stereocenters. The zero-order valence-corrected chi connectivity index (χ0v) is 35.1. The summed E-state index contributed by atoms with van der Waals surface area (Å²) in [7, 11) is 2.87. The Bertz CT molecular complexity index is 1880. The van der Waals surface area contributed by atoms with Crippen molar-refractivity contribution in [3.8, 4) is 11.5 Å². The maximum atomic E-state index is 14.1. The van der Waals surface area contributed by atoms with Gasteiger partial charge in [-0.05, 0) is 100 Å². The first kappa shape index (κ1) is 46.2. The molecule has 2 aromatic carbocycles. The van der Waals surface area contributed by atoms with E-state index >= 15 is 0 Å². The van der Waals surface area contributed by atoms with E-state index in [4.69, 9.17) is 21.1 Å². The average molecular weight is 854 g/mol. The van der Waals surface area contributed by atoms with E-state index in [2.05, 4.69) is 61.4 Å². The summed E-state index contributed by atoms with van der Waals surface area (Å²) in [6.07, 6.45) is 19.5. The van der Waals surface area contributed by atoms with Crippen LogP contribution in [0.2, 0.25) is 5.28 Å². The van der Waals surface area contributed by atoms with E-state index in [1.807, 2.05) is 0 Å². The number of benzene rings is 2. The van der Waals surface area contributed by atoms with Crippen molar-refractivity contribution < 1.29 is 18.3 Å². The van der Waals surface area contributed by atoms with Crippen LogP contribution in [0.15, 0.2) is 36.4 Å². The second kappa shape index (κ2) is 24.4. The molecule has 5 N–H and O–H groups in total. The molecule has 60 heavy (non-hydrogen) atoms. The van der Waals surface area contributed by atoms with E-state index in [9.17, 15) is 8.78 Å². The van der Waals surface area contributed by atoms with Crippen LogP contribution < -0.4 is 41.0 Å². The maximum Gasteiger partial charge on any atom is 0.233 e. The summed E-state index contributed by atoms with van der Waals surface area (Å²) in [6, 6.07) is 9.98. The largest absolute Gasteiger partial charge is 0.494 e. The molecule has 2 saturated carbocycles. The van der Waals surface area contributed by atoms with Gasteiger partial charge in [0.15, 0.2) is 23.1 Å². The van der Waals surface area contributed by atoms with Crippen LogP contribution in [0.4, 0.5) is 49.9 Å². The molecule has 14 nitrogen and oxygen atoms in total. The highest BCUT2D eigenvalue weighted by molar-refractivity contribution is 6.28. The highest BCUT2D eigenvalue weighted by atomic mass is 35.5. The number of nitrogens with one attached hydrogen (secondary N) is 5. The van der Waals surface area contributed by atoms with E-state index in [1.54, 1.807) is 18.2 Å². The van der Waals surface area contributed by atoms with Crippen LogP contribution in [0.25, 0.3) is 0 Å². The smallest absolute Gasteiger partial charge is 0.233 e. The molecule has 4 fully saturated rings. The molecule has 0 bridgehead atoms. The number of hydrogen-bond acceptors (Lipinski definition) is 14. The summed E-state index contributed by atoms with van der Waals surface area (Å²) in [6.45, 7) is 4.40. The van der Waals surface area contributed by atoms with Gasteiger partial charge >= 0.3 is 0 Å². The van der Waals surface area contributed by atoms with Crippen LogP contribution >= 0.6 is 11.6 Å². The van der Waals surface area contributed by atoms with Gasteiger partial charge in [-0.15, -0.1) is 0 Å². The number of rotatable bonds is 11. The molecule has 0 atom stereocenters. The Kier molecular flexibility index (Phi) is 18.8. The lowest BCUT2D eigenvalue weighted by atomic mass is 10.1. The van der Waals surface area contributed by atoms with Gasteiger partial charge in [0.1, 0.15) is 0 Å². The van der Waals surface area contributed by atoms with Crippen molar-refractivity contribution in [2.45, 2.75) is 122 Å². The molecule has 0 radical (unpaired) electrons. The SMILES string of the molecule is C.C1CCNC1.COc1ccc(Nc2nc(Cl)nc(NC3CCCCCC3)n2)cc1F.COc1ccc(Nc2nc(NC3CCCCCC3)nc(N3CCCC3)n2)cc1F. The number of methoxy groups -OCH3 is 2. The maximum absolute atomic E-state index is 14.1. The molecule has 4 heterocycles. The van der Waals surface area contributed by atoms with Crippen LogP contribution in [0, 0.1) is 11.6 Å². The third-order valence-corrected chi connectivity index (χ3v) is 10.9. The van der Waals surface area contributed by atoms with Gasteiger partial charge in [-0.2, -0.15) is 29.9 Å². The van der Waals surface area contributed by atoms with Crippen molar-refractivity contribution in [1.29, 1.82) is 0 Å². The summed E-state index contributed by atoms with van der Waals surface area (Å²) in [5.41, 5.74) is 1.07. The number of anilines is 7. The standard InChI is InChI=1S/C21H29FN6O.C17H21ClFN5O.C4H9N.CH4/c1-29-18-11-10-16(14-17(18)22)24-20-25-19(23-15-8-4-2-3-5-9-15)26-21(27-20)28-12-6-7-13-28;1-25-14-9-8-12(10-13(14)19)21-17-23-15(18)22-16(24-17)20-11-6-4-2-3-5-7-11;1-2-4-5-3-1;/h10-11,14-15H,2-9,12-13H2,1H3,(H2,23,24,25,26,27);8-11H,2-7H2,1H3,(H2,20,21,22,23,24);5H,1-4H2;1H4. The van der Waals surface area contributed by atoms with Gasteiger partial charge in [0.2, 0.25) is 35.0 Å². The van der Waals surface area contributed by atoms with Crippen molar-refractivity contribution in [3.63, 3.8) is 0 Å². The normalized spacial score (nSPS) is 17.1. The topological polar surface area (TPSA) is 159 Å². The van der Waals surface area contributed by atoms with Gasteiger partial charge in [-0.1, -0.05) is 58.8 Å². The number of aromatic nitrogens is 6. The van der Waals surface area contributed by atoms with Gasteiger partial charge in [-0.3, -0.25) is 0 Å². The Labute approximate surface area is 358 Å². The second-order valence-corrected chi connectivity index (χ2v) is 15.6. The van der Waals surface area contributed by atoms with E-state index in [-0.39, 0.29) is 30.2 Å². The Hall–Kier alpha value is -4.83. The molecule has 2 aromatic heterocycles. The van der Waals surface area contributed by atoms with Crippen molar-refractivity contribution >= 4 is 52.7 Å². The fourth-order valence-electron chi connectivity index (χ4n) is 7.60. The van der Waals surface area contributed by atoms with Gasteiger partial charge in [0, 0.05) is 48.7 Å². The molecule has 328 valence electrons. The predicted molar refractivity (Wildman–Crippen MR) is 238 cm³/mol. The Morgan fingerprint density at radius 1 is 0.583 bits per heavy atom. The zero-order valence-electron chi connectivity index (χ0n) is 34.3. The van der Waals surface area contributed by atoms with Crippen molar-refractivity contribution in [1.82, 2.24) is 35.2 Å². The monoisotopic (exact) mass is 852 g/mol. The Morgan fingerprint density at radius 2 is 1.02 bits per heavy atom. The van der Waals surface area contributed by atoms with Crippen LogP contribution in [-0.2, 0) is 0 Å². The van der Waals surface area contributed by atoms with Gasteiger partial charge in [0.25, 0.3) is 0 Å². The molecule has 4 aliphatic rings. The minimum absolute atomic E-state index is 0. The lowest BCUT2D eigenvalue weighted by molar-refractivity contribution is 0.386. The molecule has 0 spiro atoms. The summed E-state index contributed by atoms with van der Waals surface area (Å²) in [4.78, 5) is 28.6. The summed E-state index contributed by atoms with van der Waals surface area (Å²) >= 11 is 6.01. The summed E-state index contributed by atoms with van der Waals surface area (Å²) < 4.78 is 37.8. The molecule has 17 heteroatoms. The second-order valence-electron chi connectivity index (χ2n) is 15.3. The summed E-state index contributed by atoms with van der Waals surface area (Å²) in [5.74, 6) is 1.87. The lowest BCUT2D eigenvalue weighted by Gasteiger charge is -2.20. The molecular weight excluding hydrogens is 790 g/mol. The number of halogens is 3. The predicted octanol–water partition coefficient (Wildman–Crippen LogP) is 10.1. The fourth-order valence-corrected chi connectivity index (χ4v) is 7.76. The van der Waals surface area contributed by atoms with Gasteiger partial charge < -0.3 is 41.0 Å². The Morgan fingerprint density at radius 3 is 1.45 bits per heavy atom. The van der Waals surface area contributed by atoms with E-state index in [0.29, 0.717) is 47.3 Å². The van der Waals surface area contributed by atoms with E-state index < -0.39 is 11.6 Å². The quantitative estimate of drug-likeness (QED) is 0.0908. The molecule has 2 aliphatic heterocycles. The first-order valence-corrected chi connectivity index (χ1v) is 21.6. The van der Waals surface area contributed by atoms with E-state index in [1.165, 1.54) is 110 Å². The van der Waals surface area contributed by atoms with Crippen molar-refractivity contribution in [3.05, 3.63) is 53.3 Å². The first-order valence-electron chi connectivity index (χ1n) is 21.2. The number of hydrogen-bond donors (Lipinski definition) is 5. The fraction of sp³-hybridized carbons (Fsp3) is 0.581. The molecule has 8 rings (SSSR count). The third kappa shape index (κ3) is 14.7. The average Bonchev–Trinajstić information content (AvgIpc) is 3.89. The molecule has 0 amide bonds. The highest BCUT2D eigenvalue weighted by Gasteiger charge is 2.20. The van der Waals surface area contributed by atoms with Crippen molar-refractivity contribution in [2.75, 3.05) is 66.6 Å².